The smallest absolute Gasteiger partial charge is 0.164 e. The lowest BCUT2D eigenvalue weighted by atomic mass is 10.0. The zero-order chi connectivity index (χ0) is 33.3. The normalized spacial score (nSPS) is 11.2. The summed E-state index contributed by atoms with van der Waals surface area (Å²) in [4.78, 5) is 20.2. The molecule has 234 valence electrons. The van der Waals surface area contributed by atoms with E-state index in [0.29, 0.717) is 17.5 Å². The van der Waals surface area contributed by atoms with Crippen molar-refractivity contribution in [3.63, 3.8) is 0 Å². The Bertz CT molecular complexity index is 2510. The molecule has 9 aromatic rings. The van der Waals surface area contributed by atoms with Crippen molar-refractivity contribution >= 4 is 21.7 Å². The van der Waals surface area contributed by atoms with Crippen LogP contribution in [0.15, 0.2) is 182 Å². The number of nitrogens with zero attached hydrogens (tertiary/aromatic N) is 4. The van der Waals surface area contributed by atoms with E-state index in [0.717, 1.165) is 50.0 Å². The predicted octanol–water partition coefficient (Wildman–Crippen LogP) is 11.6. The Morgan fingerprint density at radius 3 is 1.26 bits per heavy atom. The molecule has 50 heavy (non-hydrogen) atoms. The van der Waals surface area contributed by atoms with Gasteiger partial charge in [0.25, 0.3) is 0 Å². The van der Waals surface area contributed by atoms with Crippen LogP contribution < -0.4 is 0 Å². The lowest BCUT2D eigenvalue weighted by molar-refractivity contribution is 1.07. The zero-order valence-electron chi connectivity index (χ0n) is 27.1. The second-order valence-corrected chi connectivity index (χ2v) is 12.4. The first-order valence-corrected chi connectivity index (χ1v) is 16.7. The fraction of sp³-hybridized carbons (Fsp3) is 0. The van der Waals surface area contributed by atoms with Crippen molar-refractivity contribution in [1.29, 1.82) is 0 Å². The van der Waals surface area contributed by atoms with Gasteiger partial charge >= 0.3 is 0 Å². The van der Waals surface area contributed by atoms with Gasteiger partial charge in [-0.2, -0.15) is 0 Å². The molecule has 0 N–H and O–H groups in total. The van der Waals surface area contributed by atoms with Crippen LogP contribution in [0.1, 0.15) is 0 Å². The van der Waals surface area contributed by atoms with Crippen molar-refractivity contribution < 1.29 is 0 Å². The summed E-state index contributed by atoms with van der Waals surface area (Å²) in [5, 5.41) is 3.51. The number of fused-ring (bicyclic) bond motifs is 2. The Morgan fingerprint density at radius 1 is 0.240 bits per heavy atom. The molecular formula is C46H30N4. The van der Waals surface area contributed by atoms with E-state index in [-0.39, 0.29) is 0 Å². The van der Waals surface area contributed by atoms with Gasteiger partial charge in [0.05, 0.1) is 11.2 Å². The molecule has 0 unspecified atom stereocenters. The molecule has 0 saturated heterocycles. The summed E-state index contributed by atoms with van der Waals surface area (Å²) in [6.07, 6.45) is 0. The molecule has 0 radical (unpaired) electrons. The van der Waals surface area contributed by atoms with Crippen LogP contribution in [0.4, 0.5) is 0 Å². The molecule has 0 aliphatic carbocycles. The molecule has 0 amide bonds. The summed E-state index contributed by atoms with van der Waals surface area (Å²) < 4.78 is 0. The summed E-state index contributed by atoms with van der Waals surface area (Å²) in [5.74, 6) is 1.86. The summed E-state index contributed by atoms with van der Waals surface area (Å²) >= 11 is 0. The summed E-state index contributed by atoms with van der Waals surface area (Å²) in [6, 6.07) is 62.9. The van der Waals surface area contributed by atoms with Gasteiger partial charge in [0.15, 0.2) is 17.5 Å². The molecule has 2 heterocycles. The van der Waals surface area contributed by atoms with Crippen LogP contribution >= 0.6 is 0 Å². The first-order chi connectivity index (χ1) is 24.7. The molecule has 4 nitrogen and oxygen atoms in total. The minimum atomic E-state index is 0.609. The SMILES string of the molecule is c1ccc(-c2ccc(-c3nc(-c4ccc(-c5ccccc5)cc4)nc(-c4cccc(-c5ccc6cc7ccccc7cc6n5)c4)n3)cc2)cc1. The van der Waals surface area contributed by atoms with Gasteiger partial charge in [0.2, 0.25) is 0 Å². The van der Waals surface area contributed by atoms with Crippen LogP contribution in [0.5, 0.6) is 0 Å². The van der Waals surface area contributed by atoms with Crippen LogP contribution in [0.2, 0.25) is 0 Å². The van der Waals surface area contributed by atoms with Crippen LogP contribution in [-0.4, -0.2) is 19.9 Å². The fourth-order valence-electron chi connectivity index (χ4n) is 6.44. The zero-order valence-corrected chi connectivity index (χ0v) is 27.1. The van der Waals surface area contributed by atoms with Crippen LogP contribution in [0, 0.1) is 0 Å². The van der Waals surface area contributed by atoms with Gasteiger partial charge in [-0.05, 0) is 57.3 Å². The van der Waals surface area contributed by atoms with Crippen LogP contribution in [-0.2, 0) is 0 Å². The molecule has 0 atom stereocenters. The highest BCUT2D eigenvalue weighted by Gasteiger charge is 2.14. The summed E-state index contributed by atoms with van der Waals surface area (Å²) in [5.41, 5.74) is 10.2. The highest BCUT2D eigenvalue weighted by Crippen LogP contribution is 2.31. The minimum absolute atomic E-state index is 0.609. The van der Waals surface area contributed by atoms with E-state index < -0.39 is 0 Å². The maximum atomic E-state index is 5.07. The Labute approximate surface area is 290 Å². The first-order valence-electron chi connectivity index (χ1n) is 16.7. The van der Waals surface area contributed by atoms with Gasteiger partial charge in [-0.25, -0.2) is 19.9 Å². The minimum Gasteiger partial charge on any atom is -0.248 e. The highest BCUT2D eigenvalue weighted by molar-refractivity contribution is 5.97. The van der Waals surface area contributed by atoms with E-state index in [1.807, 2.05) is 18.2 Å². The Kier molecular flexibility index (Phi) is 7.45. The number of hydrogen-bond acceptors (Lipinski definition) is 4. The Hall–Kier alpha value is -6.78. The van der Waals surface area contributed by atoms with E-state index in [1.54, 1.807) is 0 Å². The molecule has 0 aliphatic heterocycles. The van der Waals surface area contributed by atoms with Gasteiger partial charge < -0.3 is 0 Å². The molecule has 2 aromatic heterocycles. The number of rotatable bonds is 6. The Balaban J connectivity index is 1.13. The van der Waals surface area contributed by atoms with E-state index in [4.69, 9.17) is 19.9 Å². The van der Waals surface area contributed by atoms with Crippen molar-refractivity contribution in [1.82, 2.24) is 19.9 Å². The Morgan fingerprint density at radius 2 is 0.680 bits per heavy atom. The first kappa shape index (κ1) is 29.4. The van der Waals surface area contributed by atoms with Gasteiger partial charge in [-0.15, -0.1) is 0 Å². The summed E-state index contributed by atoms with van der Waals surface area (Å²) in [6.45, 7) is 0. The van der Waals surface area contributed by atoms with E-state index in [2.05, 4.69) is 164 Å². The van der Waals surface area contributed by atoms with Gasteiger partial charge in [0.1, 0.15) is 0 Å². The molecule has 0 spiro atoms. The molecule has 0 bridgehead atoms. The van der Waals surface area contributed by atoms with Crippen molar-refractivity contribution in [3.05, 3.63) is 182 Å². The largest absolute Gasteiger partial charge is 0.248 e. The maximum absolute atomic E-state index is 5.07. The average Bonchev–Trinajstić information content (AvgIpc) is 3.20. The molecule has 9 rings (SSSR count). The van der Waals surface area contributed by atoms with Gasteiger partial charge in [0, 0.05) is 27.6 Å². The molecule has 4 heteroatoms. The topological polar surface area (TPSA) is 51.6 Å². The lowest BCUT2D eigenvalue weighted by Gasteiger charge is -2.11. The predicted molar refractivity (Wildman–Crippen MR) is 205 cm³/mol. The van der Waals surface area contributed by atoms with Gasteiger partial charge in [-0.3, -0.25) is 0 Å². The highest BCUT2D eigenvalue weighted by atomic mass is 15.0. The molecular weight excluding hydrogens is 609 g/mol. The molecule has 7 aromatic carbocycles. The summed E-state index contributed by atoms with van der Waals surface area (Å²) in [7, 11) is 0. The maximum Gasteiger partial charge on any atom is 0.164 e. The number of benzene rings is 7. The second-order valence-electron chi connectivity index (χ2n) is 12.4. The molecule has 0 aliphatic rings. The number of aromatic nitrogens is 4. The van der Waals surface area contributed by atoms with E-state index in [1.165, 1.54) is 21.9 Å². The van der Waals surface area contributed by atoms with Gasteiger partial charge in [-0.1, -0.05) is 158 Å². The lowest BCUT2D eigenvalue weighted by Crippen LogP contribution is -2.00. The van der Waals surface area contributed by atoms with Crippen molar-refractivity contribution in [2.24, 2.45) is 0 Å². The van der Waals surface area contributed by atoms with E-state index in [9.17, 15) is 0 Å². The molecule has 0 saturated carbocycles. The molecule has 0 fully saturated rings. The second kappa shape index (κ2) is 12.7. The third-order valence-corrected chi connectivity index (χ3v) is 9.11. The van der Waals surface area contributed by atoms with Crippen molar-refractivity contribution in [2.45, 2.75) is 0 Å². The van der Waals surface area contributed by atoms with Crippen LogP contribution in [0.25, 0.3) is 89.4 Å². The fourth-order valence-corrected chi connectivity index (χ4v) is 6.44. The standard InChI is InChI=1S/C46H30N4/c1-3-10-31(11-4-1)33-18-22-35(23-19-33)44-48-45(36-24-20-34(21-25-36)32-12-5-2-6-13-32)50-46(49-44)41-17-9-16-39(29-41)42-27-26-40-28-37-14-7-8-15-38(37)30-43(40)47-42/h1-30H. The monoisotopic (exact) mass is 638 g/mol. The number of pyridine rings is 1. The third-order valence-electron chi connectivity index (χ3n) is 9.11. The average molecular weight is 639 g/mol. The van der Waals surface area contributed by atoms with E-state index >= 15 is 0 Å². The number of hydrogen-bond donors (Lipinski definition) is 0. The van der Waals surface area contributed by atoms with Crippen molar-refractivity contribution in [3.8, 4) is 67.7 Å². The van der Waals surface area contributed by atoms with Crippen molar-refractivity contribution in [2.75, 3.05) is 0 Å². The quantitative estimate of drug-likeness (QED) is 0.170. The third kappa shape index (κ3) is 5.80. The van der Waals surface area contributed by atoms with Crippen LogP contribution in [0.3, 0.4) is 0 Å².